The molecule has 116 valence electrons. The summed E-state index contributed by atoms with van der Waals surface area (Å²) in [6, 6.07) is 1.44. The molecule has 2 nitrogen and oxygen atoms in total. The molecule has 7 atom stereocenters. The van der Waals surface area contributed by atoms with Crippen molar-refractivity contribution in [2.75, 3.05) is 20.6 Å². The lowest BCUT2D eigenvalue weighted by molar-refractivity contribution is 0.0643. The van der Waals surface area contributed by atoms with Crippen molar-refractivity contribution in [3.8, 4) is 0 Å². The fourth-order valence-corrected chi connectivity index (χ4v) is 5.96. The van der Waals surface area contributed by atoms with Gasteiger partial charge in [-0.2, -0.15) is 0 Å². The third kappa shape index (κ3) is 2.78. The number of likely N-dealkylation sites (N-methyl/N-ethyl adjacent to an activating group) is 2. The highest BCUT2D eigenvalue weighted by atomic mass is 15.2. The van der Waals surface area contributed by atoms with Gasteiger partial charge in [-0.3, -0.25) is 0 Å². The van der Waals surface area contributed by atoms with Gasteiger partial charge in [0.1, 0.15) is 0 Å². The zero-order chi connectivity index (χ0) is 14.3. The summed E-state index contributed by atoms with van der Waals surface area (Å²) in [5.74, 6) is 4.87. The number of hydrogen-bond donors (Lipinski definition) is 1. The van der Waals surface area contributed by atoms with Crippen molar-refractivity contribution in [1.29, 1.82) is 0 Å². The van der Waals surface area contributed by atoms with Crippen LogP contribution in [0.1, 0.15) is 52.4 Å². The predicted octanol–water partition coefficient (Wildman–Crippen LogP) is 3.38. The molecule has 0 heterocycles. The topological polar surface area (TPSA) is 15.3 Å². The fourth-order valence-electron chi connectivity index (χ4n) is 5.96. The Morgan fingerprint density at radius 2 is 1.85 bits per heavy atom. The molecule has 0 amide bonds. The van der Waals surface area contributed by atoms with Crippen molar-refractivity contribution in [2.24, 2.45) is 29.6 Å². The first-order valence-corrected chi connectivity index (χ1v) is 8.96. The van der Waals surface area contributed by atoms with Gasteiger partial charge in [-0.25, -0.2) is 0 Å². The number of nitrogens with one attached hydrogen (secondary N) is 1. The zero-order valence-electron chi connectivity index (χ0n) is 13.9. The van der Waals surface area contributed by atoms with E-state index in [-0.39, 0.29) is 0 Å². The van der Waals surface area contributed by atoms with Crippen molar-refractivity contribution in [3.63, 3.8) is 0 Å². The summed E-state index contributed by atoms with van der Waals surface area (Å²) in [7, 11) is 4.56. The second-order valence-electron chi connectivity index (χ2n) is 8.31. The van der Waals surface area contributed by atoms with Gasteiger partial charge in [0.15, 0.2) is 0 Å². The van der Waals surface area contributed by atoms with E-state index in [2.05, 4.69) is 38.2 Å². The Morgan fingerprint density at radius 3 is 2.45 bits per heavy atom. The van der Waals surface area contributed by atoms with Crippen LogP contribution in [0.5, 0.6) is 0 Å². The largest absolute Gasteiger partial charge is 0.315 e. The summed E-state index contributed by atoms with van der Waals surface area (Å²) in [6.07, 6.45) is 8.88. The maximum atomic E-state index is 3.61. The van der Waals surface area contributed by atoms with E-state index in [1.165, 1.54) is 38.6 Å². The molecule has 20 heavy (non-hydrogen) atoms. The van der Waals surface area contributed by atoms with E-state index in [1.54, 1.807) is 6.42 Å². The van der Waals surface area contributed by atoms with Crippen molar-refractivity contribution in [3.05, 3.63) is 0 Å². The van der Waals surface area contributed by atoms with Crippen molar-refractivity contribution >= 4 is 0 Å². The number of rotatable bonds is 4. The van der Waals surface area contributed by atoms with E-state index in [0.717, 1.165) is 35.6 Å². The Balaban J connectivity index is 1.61. The first-order valence-electron chi connectivity index (χ1n) is 8.96. The highest BCUT2D eigenvalue weighted by Crippen LogP contribution is 2.48. The Bertz CT molecular complexity index is 329. The summed E-state index contributed by atoms with van der Waals surface area (Å²) in [6.45, 7) is 6.25. The lowest BCUT2D eigenvalue weighted by Crippen LogP contribution is -2.55. The quantitative estimate of drug-likeness (QED) is 0.848. The molecule has 0 saturated heterocycles. The van der Waals surface area contributed by atoms with Crippen LogP contribution in [0.4, 0.5) is 0 Å². The van der Waals surface area contributed by atoms with E-state index >= 15 is 0 Å². The van der Waals surface area contributed by atoms with E-state index in [0.29, 0.717) is 6.04 Å². The van der Waals surface area contributed by atoms with E-state index < -0.39 is 0 Å². The summed E-state index contributed by atoms with van der Waals surface area (Å²) in [5, 5.41) is 3.61. The fraction of sp³-hybridized carbons (Fsp3) is 1.00. The average molecular weight is 278 g/mol. The number of fused-ring (bicyclic) bond motifs is 2. The van der Waals surface area contributed by atoms with Crippen LogP contribution in [0.15, 0.2) is 0 Å². The van der Waals surface area contributed by atoms with Crippen LogP contribution >= 0.6 is 0 Å². The van der Waals surface area contributed by atoms with Crippen LogP contribution in [0.3, 0.4) is 0 Å². The smallest absolute Gasteiger partial charge is 0.0272 e. The average Bonchev–Trinajstić information content (AvgIpc) is 2.99. The van der Waals surface area contributed by atoms with E-state index in [9.17, 15) is 0 Å². The highest BCUT2D eigenvalue weighted by molar-refractivity contribution is 4.96. The third-order valence-corrected chi connectivity index (χ3v) is 6.71. The number of nitrogens with zero attached hydrogens (tertiary/aromatic N) is 1. The minimum Gasteiger partial charge on any atom is -0.315 e. The van der Waals surface area contributed by atoms with Crippen LogP contribution in [-0.2, 0) is 0 Å². The van der Waals surface area contributed by atoms with Crippen molar-refractivity contribution < 1.29 is 0 Å². The minimum absolute atomic E-state index is 0.692. The summed E-state index contributed by atoms with van der Waals surface area (Å²) < 4.78 is 0. The summed E-state index contributed by atoms with van der Waals surface area (Å²) in [5.41, 5.74) is 0. The molecule has 0 aromatic rings. The molecule has 3 rings (SSSR count). The minimum atomic E-state index is 0.692. The van der Waals surface area contributed by atoms with Gasteiger partial charge in [0.05, 0.1) is 0 Å². The van der Waals surface area contributed by atoms with E-state index in [4.69, 9.17) is 0 Å². The number of hydrogen-bond acceptors (Lipinski definition) is 2. The molecule has 2 bridgehead atoms. The van der Waals surface area contributed by atoms with Gasteiger partial charge in [0.25, 0.3) is 0 Å². The predicted molar refractivity (Wildman–Crippen MR) is 85.8 cm³/mol. The van der Waals surface area contributed by atoms with Crippen LogP contribution < -0.4 is 5.32 Å². The van der Waals surface area contributed by atoms with Gasteiger partial charge < -0.3 is 10.2 Å². The second kappa shape index (κ2) is 5.96. The van der Waals surface area contributed by atoms with E-state index in [1.807, 2.05) is 0 Å². The first-order chi connectivity index (χ1) is 9.58. The molecule has 3 aliphatic carbocycles. The van der Waals surface area contributed by atoms with Gasteiger partial charge in [-0.15, -0.1) is 0 Å². The summed E-state index contributed by atoms with van der Waals surface area (Å²) >= 11 is 0. The SMILES string of the molecule is CNC1CC(C)CC(C)C1N(C)CC1CC2CCC1C2. The van der Waals surface area contributed by atoms with Crippen LogP contribution in [-0.4, -0.2) is 37.6 Å². The molecule has 2 heteroatoms. The lowest BCUT2D eigenvalue weighted by atomic mass is 9.75. The van der Waals surface area contributed by atoms with Gasteiger partial charge in [0, 0.05) is 18.6 Å². The Morgan fingerprint density at radius 1 is 1.05 bits per heavy atom. The highest BCUT2D eigenvalue weighted by Gasteiger charge is 2.42. The molecular weight excluding hydrogens is 244 g/mol. The maximum absolute atomic E-state index is 3.61. The van der Waals surface area contributed by atoms with Crippen LogP contribution in [0.25, 0.3) is 0 Å². The van der Waals surface area contributed by atoms with Gasteiger partial charge >= 0.3 is 0 Å². The molecule has 3 saturated carbocycles. The second-order valence-corrected chi connectivity index (χ2v) is 8.31. The Labute approximate surface area is 125 Å². The Kier molecular flexibility index (Phi) is 4.42. The van der Waals surface area contributed by atoms with Crippen LogP contribution in [0, 0.1) is 29.6 Å². The molecular formula is C18H34N2. The van der Waals surface area contributed by atoms with Crippen LogP contribution in [0.2, 0.25) is 0 Å². The molecule has 3 aliphatic rings. The molecule has 0 aliphatic heterocycles. The molecule has 0 radical (unpaired) electrons. The third-order valence-electron chi connectivity index (χ3n) is 6.71. The van der Waals surface area contributed by atoms with Gasteiger partial charge in [-0.1, -0.05) is 20.3 Å². The van der Waals surface area contributed by atoms with Gasteiger partial charge in [0.2, 0.25) is 0 Å². The molecule has 0 aromatic carbocycles. The van der Waals surface area contributed by atoms with Gasteiger partial charge in [-0.05, 0) is 75.8 Å². The zero-order valence-corrected chi connectivity index (χ0v) is 13.9. The first kappa shape index (κ1) is 14.8. The molecule has 0 spiro atoms. The normalized spacial score (nSPS) is 48.1. The molecule has 3 fully saturated rings. The molecule has 7 unspecified atom stereocenters. The van der Waals surface area contributed by atoms with Crippen molar-refractivity contribution in [2.45, 2.75) is 64.5 Å². The lowest BCUT2D eigenvalue weighted by Gasteiger charge is -2.45. The standard InChI is InChI=1S/C18H34N2/c1-12-7-13(2)18(17(8-12)19-3)20(4)11-16-10-14-5-6-15(16)9-14/h12-19H,5-11H2,1-4H3. The Hall–Kier alpha value is -0.0800. The van der Waals surface area contributed by atoms with Crippen molar-refractivity contribution in [1.82, 2.24) is 10.2 Å². The molecule has 0 aromatic heterocycles. The molecule has 1 N–H and O–H groups in total. The maximum Gasteiger partial charge on any atom is 0.0272 e. The summed E-state index contributed by atoms with van der Waals surface area (Å²) in [4.78, 5) is 2.73. The monoisotopic (exact) mass is 278 g/mol.